The van der Waals surface area contributed by atoms with Gasteiger partial charge >= 0.3 is 0 Å². The third kappa shape index (κ3) is 2.22. The van der Waals surface area contributed by atoms with Gasteiger partial charge in [0.15, 0.2) is 0 Å². The maximum atomic E-state index is 12.8. The van der Waals surface area contributed by atoms with E-state index in [1.54, 1.807) is 0 Å². The lowest BCUT2D eigenvalue weighted by atomic mass is 10.1. The van der Waals surface area contributed by atoms with Gasteiger partial charge in [0, 0.05) is 12.5 Å². The molecule has 0 saturated heterocycles. The summed E-state index contributed by atoms with van der Waals surface area (Å²) in [5.74, 6) is 1.05. The van der Waals surface area contributed by atoms with Gasteiger partial charge < -0.3 is 4.74 Å². The molecular formula is C12H10FO. The lowest BCUT2D eigenvalue weighted by Crippen LogP contribution is -1.97. The number of hydrogen-bond acceptors (Lipinski definition) is 1. The van der Waals surface area contributed by atoms with Crippen molar-refractivity contribution in [2.75, 3.05) is 0 Å². The maximum Gasteiger partial charge on any atom is 0.127 e. The van der Waals surface area contributed by atoms with Crippen LogP contribution in [0.15, 0.2) is 54.1 Å². The van der Waals surface area contributed by atoms with Gasteiger partial charge in [0.25, 0.3) is 0 Å². The summed E-state index contributed by atoms with van der Waals surface area (Å²) in [5.41, 5.74) is 0. The van der Waals surface area contributed by atoms with Crippen molar-refractivity contribution in [3.05, 3.63) is 60.5 Å². The molecule has 0 amide bonds. The predicted molar refractivity (Wildman–Crippen MR) is 53.3 cm³/mol. The molecule has 2 rings (SSSR count). The molecular weight excluding hydrogens is 179 g/mol. The van der Waals surface area contributed by atoms with E-state index < -0.39 is 0 Å². The quantitative estimate of drug-likeness (QED) is 0.692. The van der Waals surface area contributed by atoms with Crippen LogP contribution >= 0.6 is 0 Å². The number of ether oxygens (including phenoxy) is 1. The largest absolute Gasteiger partial charge is 0.458 e. The second-order valence-corrected chi connectivity index (χ2v) is 2.99. The van der Waals surface area contributed by atoms with Gasteiger partial charge in [0.2, 0.25) is 0 Å². The summed E-state index contributed by atoms with van der Waals surface area (Å²) < 4.78 is 18.3. The van der Waals surface area contributed by atoms with Gasteiger partial charge in [-0.3, -0.25) is 0 Å². The molecule has 1 radical (unpaired) electrons. The first-order valence-electron chi connectivity index (χ1n) is 4.48. The zero-order valence-electron chi connectivity index (χ0n) is 7.61. The number of hydrogen-bond donors (Lipinski definition) is 0. The van der Waals surface area contributed by atoms with Crippen molar-refractivity contribution in [2.24, 2.45) is 0 Å². The van der Waals surface area contributed by atoms with Crippen LogP contribution in [0.25, 0.3) is 0 Å². The number of halogens is 1. The highest BCUT2D eigenvalue weighted by atomic mass is 19.1. The van der Waals surface area contributed by atoms with Crippen LogP contribution in [0.1, 0.15) is 6.42 Å². The van der Waals surface area contributed by atoms with Crippen LogP contribution in [0, 0.1) is 6.42 Å². The number of benzene rings is 1. The predicted octanol–water partition coefficient (Wildman–Crippen LogP) is 3.41. The van der Waals surface area contributed by atoms with E-state index >= 15 is 0 Å². The molecule has 2 heteroatoms. The number of para-hydroxylation sites is 1. The molecule has 0 aliphatic heterocycles. The van der Waals surface area contributed by atoms with Crippen molar-refractivity contribution < 1.29 is 9.13 Å². The van der Waals surface area contributed by atoms with Crippen LogP contribution < -0.4 is 4.74 Å². The summed E-state index contributed by atoms with van der Waals surface area (Å²) in [5, 5.41) is 0. The number of rotatable bonds is 2. The average Bonchev–Trinajstić information content (AvgIpc) is 2.19. The van der Waals surface area contributed by atoms with Crippen molar-refractivity contribution >= 4 is 0 Å². The minimum atomic E-state index is -0.238. The zero-order chi connectivity index (χ0) is 9.80. The van der Waals surface area contributed by atoms with E-state index in [1.807, 2.05) is 36.4 Å². The Morgan fingerprint density at radius 1 is 1.14 bits per heavy atom. The fraction of sp³-hybridized carbons (Fsp3) is 0.0833. The highest BCUT2D eigenvalue weighted by Crippen LogP contribution is 2.20. The summed E-state index contributed by atoms with van der Waals surface area (Å²) in [6, 6.07) is 9.35. The van der Waals surface area contributed by atoms with Gasteiger partial charge in [-0.1, -0.05) is 18.2 Å². The molecule has 1 nitrogen and oxygen atoms in total. The van der Waals surface area contributed by atoms with E-state index in [0.29, 0.717) is 12.2 Å². The van der Waals surface area contributed by atoms with E-state index in [0.717, 1.165) is 5.75 Å². The molecule has 1 aliphatic rings. The Hall–Kier alpha value is -1.57. The second kappa shape index (κ2) is 4.09. The molecule has 0 saturated carbocycles. The first-order chi connectivity index (χ1) is 6.84. The summed E-state index contributed by atoms with van der Waals surface area (Å²) >= 11 is 0. The van der Waals surface area contributed by atoms with Crippen molar-refractivity contribution in [2.45, 2.75) is 6.42 Å². The Bertz CT molecular complexity index is 365. The topological polar surface area (TPSA) is 9.23 Å². The number of allylic oxidation sites excluding steroid dienone is 3. The summed E-state index contributed by atoms with van der Waals surface area (Å²) in [7, 11) is 0. The fourth-order valence-corrected chi connectivity index (χ4v) is 1.24. The monoisotopic (exact) mass is 189 g/mol. The van der Waals surface area contributed by atoms with E-state index in [2.05, 4.69) is 0 Å². The first kappa shape index (κ1) is 9.00. The Labute approximate surface area is 82.5 Å². The van der Waals surface area contributed by atoms with Gasteiger partial charge in [0.05, 0.1) is 0 Å². The average molecular weight is 189 g/mol. The molecule has 0 spiro atoms. The Balaban J connectivity index is 2.09. The molecule has 0 fully saturated rings. The van der Waals surface area contributed by atoms with Gasteiger partial charge in [-0.05, 0) is 24.6 Å². The molecule has 1 aliphatic carbocycles. The van der Waals surface area contributed by atoms with Crippen LogP contribution in [-0.4, -0.2) is 0 Å². The lowest BCUT2D eigenvalue weighted by molar-refractivity contribution is 0.435. The lowest BCUT2D eigenvalue weighted by Gasteiger charge is -2.09. The molecule has 14 heavy (non-hydrogen) atoms. The van der Waals surface area contributed by atoms with Crippen LogP contribution in [-0.2, 0) is 0 Å². The minimum absolute atomic E-state index is 0.238. The van der Waals surface area contributed by atoms with Crippen LogP contribution in [0.5, 0.6) is 5.75 Å². The van der Waals surface area contributed by atoms with Crippen molar-refractivity contribution in [3.8, 4) is 5.75 Å². The van der Waals surface area contributed by atoms with Gasteiger partial charge in [-0.25, -0.2) is 4.39 Å². The maximum absolute atomic E-state index is 12.8. The van der Waals surface area contributed by atoms with E-state index in [9.17, 15) is 4.39 Å². The SMILES string of the molecule is FC1=CC(Oc2ccccc2)=CC[CH]1. The van der Waals surface area contributed by atoms with Crippen LogP contribution in [0.4, 0.5) is 4.39 Å². The van der Waals surface area contributed by atoms with Crippen molar-refractivity contribution in [3.63, 3.8) is 0 Å². The highest BCUT2D eigenvalue weighted by molar-refractivity contribution is 5.31. The molecule has 0 heterocycles. The van der Waals surface area contributed by atoms with Crippen molar-refractivity contribution in [1.29, 1.82) is 0 Å². The van der Waals surface area contributed by atoms with Crippen molar-refractivity contribution in [1.82, 2.24) is 0 Å². The molecule has 71 valence electrons. The molecule has 0 N–H and O–H groups in total. The Kier molecular flexibility index (Phi) is 2.63. The van der Waals surface area contributed by atoms with Gasteiger partial charge in [-0.15, -0.1) is 0 Å². The fourth-order valence-electron chi connectivity index (χ4n) is 1.24. The molecule has 1 aromatic rings. The summed E-state index contributed by atoms with van der Waals surface area (Å²) in [6.07, 6.45) is 5.33. The van der Waals surface area contributed by atoms with E-state index in [1.165, 1.54) is 12.5 Å². The third-order valence-corrected chi connectivity index (χ3v) is 1.89. The molecule has 0 aromatic heterocycles. The van der Waals surface area contributed by atoms with Gasteiger partial charge in [0.1, 0.15) is 17.3 Å². The van der Waals surface area contributed by atoms with Gasteiger partial charge in [-0.2, -0.15) is 0 Å². The zero-order valence-corrected chi connectivity index (χ0v) is 7.61. The smallest absolute Gasteiger partial charge is 0.127 e. The highest BCUT2D eigenvalue weighted by Gasteiger charge is 2.06. The first-order valence-corrected chi connectivity index (χ1v) is 4.48. The van der Waals surface area contributed by atoms with Crippen LogP contribution in [0.2, 0.25) is 0 Å². The molecule has 1 aromatic carbocycles. The summed E-state index contributed by atoms with van der Waals surface area (Å²) in [4.78, 5) is 0. The standard InChI is InChI=1S/C12H10FO/c13-10-5-4-8-12(9-10)14-11-6-2-1-3-7-11/h1-3,5-9H,4H2. The normalized spacial score (nSPS) is 15.8. The molecule has 0 unspecified atom stereocenters. The van der Waals surface area contributed by atoms with E-state index in [4.69, 9.17) is 4.74 Å². The molecule has 0 bridgehead atoms. The Morgan fingerprint density at radius 3 is 2.64 bits per heavy atom. The van der Waals surface area contributed by atoms with E-state index in [-0.39, 0.29) is 5.83 Å². The Morgan fingerprint density at radius 2 is 1.93 bits per heavy atom. The summed E-state index contributed by atoms with van der Waals surface area (Å²) in [6.45, 7) is 0. The second-order valence-electron chi connectivity index (χ2n) is 2.99. The molecule has 0 atom stereocenters. The van der Waals surface area contributed by atoms with Crippen LogP contribution in [0.3, 0.4) is 0 Å². The minimum Gasteiger partial charge on any atom is -0.458 e. The third-order valence-electron chi connectivity index (χ3n) is 1.89.